The molecule has 106 valence electrons. The zero-order valence-electron chi connectivity index (χ0n) is 11.5. The largest absolute Gasteiger partial charge is 0.496 e. The monoisotopic (exact) mass is 353 g/mol. The molecule has 0 heterocycles. The van der Waals surface area contributed by atoms with Crippen LogP contribution in [0.5, 0.6) is 5.75 Å². The van der Waals surface area contributed by atoms with Crippen LogP contribution in [0.15, 0.2) is 46.9 Å². The third-order valence-electron chi connectivity index (χ3n) is 3.15. The first-order valence-corrected chi connectivity index (χ1v) is 7.66. The summed E-state index contributed by atoms with van der Waals surface area (Å²) in [5.74, 6) is 0.825. The molecule has 2 rings (SSSR count). The Morgan fingerprint density at radius 2 is 2.05 bits per heavy atom. The van der Waals surface area contributed by atoms with Crippen LogP contribution >= 0.6 is 27.5 Å². The Morgan fingerprint density at radius 1 is 1.25 bits per heavy atom. The molecule has 2 aromatic rings. The van der Waals surface area contributed by atoms with Crippen molar-refractivity contribution < 1.29 is 4.74 Å². The van der Waals surface area contributed by atoms with E-state index in [2.05, 4.69) is 34.2 Å². The molecule has 4 heteroatoms. The van der Waals surface area contributed by atoms with Gasteiger partial charge in [-0.05, 0) is 58.2 Å². The van der Waals surface area contributed by atoms with Crippen LogP contribution in [-0.2, 0) is 0 Å². The predicted octanol–water partition coefficient (Wildman–Crippen LogP) is 5.67. The SMILES string of the molecule is CCC(Nc1ccc(OC)c(Br)c1)c1cccc(Cl)c1. The van der Waals surface area contributed by atoms with Gasteiger partial charge in [-0.25, -0.2) is 0 Å². The molecule has 1 N–H and O–H groups in total. The lowest BCUT2D eigenvalue weighted by Gasteiger charge is -2.19. The zero-order chi connectivity index (χ0) is 14.5. The molecule has 0 fully saturated rings. The number of hydrogen-bond donors (Lipinski definition) is 1. The molecule has 0 saturated heterocycles. The summed E-state index contributed by atoms with van der Waals surface area (Å²) >= 11 is 9.56. The summed E-state index contributed by atoms with van der Waals surface area (Å²) in [5.41, 5.74) is 2.23. The van der Waals surface area contributed by atoms with Crippen molar-refractivity contribution in [1.29, 1.82) is 0 Å². The van der Waals surface area contributed by atoms with E-state index < -0.39 is 0 Å². The van der Waals surface area contributed by atoms with Crippen LogP contribution in [0.3, 0.4) is 0 Å². The van der Waals surface area contributed by atoms with E-state index in [4.69, 9.17) is 16.3 Å². The molecule has 2 aromatic carbocycles. The van der Waals surface area contributed by atoms with Gasteiger partial charge in [-0.3, -0.25) is 0 Å². The molecular formula is C16H17BrClNO. The standard InChI is InChI=1S/C16H17BrClNO/c1-3-15(11-5-4-6-12(18)9-11)19-13-7-8-16(20-2)14(17)10-13/h4-10,15,19H,3H2,1-2H3. The summed E-state index contributed by atoms with van der Waals surface area (Å²) in [5, 5.41) is 4.28. The number of rotatable bonds is 5. The molecule has 0 bridgehead atoms. The van der Waals surface area contributed by atoms with E-state index in [1.165, 1.54) is 5.56 Å². The van der Waals surface area contributed by atoms with E-state index in [0.717, 1.165) is 27.4 Å². The van der Waals surface area contributed by atoms with Gasteiger partial charge in [-0.15, -0.1) is 0 Å². The van der Waals surface area contributed by atoms with E-state index >= 15 is 0 Å². The maximum absolute atomic E-state index is 6.06. The Hall–Kier alpha value is -1.19. The summed E-state index contributed by atoms with van der Waals surface area (Å²) in [7, 11) is 1.66. The van der Waals surface area contributed by atoms with Gasteiger partial charge in [0.2, 0.25) is 0 Å². The Labute approximate surface area is 133 Å². The molecule has 1 unspecified atom stereocenters. The highest BCUT2D eigenvalue weighted by atomic mass is 79.9. The lowest BCUT2D eigenvalue weighted by molar-refractivity contribution is 0.412. The lowest BCUT2D eigenvalue weighted by atomic mass is 10.0. The fourth-order valence-electron chi connectivity index (χ4n) is 2.10. The average molecular weight is 355 g/mol. The van der Waals surface area contributed by atoms with E-state index in [0.29, 0.717) is 0 Å². The summed E-state index contributed by atoms with van der Waals surface area (Å²) in [4.78, 5) is 0. The number of methoxy groups -OCH3 is 1. The van der Waals surface area contributed by atoms with Crippen molar-refractivity contribution in [2.24, 2.45) is 0 Å². The van der Waals surface area contributed by atoms with E-state index in [-0.39, 0.29) is 6.04 Å². The van der Waals surface area contributed by atoms with Crippen LogP contribution in [0.4, 0.5) is 5.69 Å². The first kappa shape index (κ1) is 15.2. The molecule has 0 spiro atoms. The van der Waals surface area contributed by atoms with Gasteiger partial charge in [-0.2, -0.15) is 0 Å². The molecule has 1 atom stereocenters. The van der Waals surface area contributed by atoms with Crippen LogP contribution < -0.4 is 10.1 Å². The second-order valence-corrected chi connectivity index (χ2v) is 5.80. The van der Waals surface area contributed by atoms with E-state index in [1.807, 2.05) is 36.4 Å². The van der Waals surface area contributed by atoms with Gasteiger partial charge in [0, 0.05) is 10.7 Å². The van der Waals surface area contributed by atoms with Crippen LogP contribution in [0.25, 0.3) is 0 Å². The number of nitrogens with one attached hydrogen (secondary N) is 1. The molecule has 0 amide bonds. The molecule has 0 aromatic heterocycles. The summed E-state index contributed by atoms with van der Waals surface area (Å²) in [6.45, 7) is 2.15. The highest BCUT2D eigenvalue weighted by Crippen LogP contribution is 2.30. The second kappa shape index (κ2) is 7.00. The second-order valence-electron chi connectivity index (χ2n) is 4.51. The number of benzene rings is 2. The van der Waals surface area contributed by atoms with Crippen molar-refractivity contribution in [2.75, 3.05) is 12.4 Å². The van der Waals surface area contributed by atoms with Crippen LogP contribution in [0, 0.1) is 0 Å². The Kier molecular flexibility index (Phi) is 5.32. The highest BCUT2D eigenvalue weighted by Gasteiger charge is 2.10. The number of anilines is 1. The maximum atomic E-state index is 6.06. The van der Waals surface area contributed by atoms with Gasteiger partial charge in [0.15, 0.2) is 0 Å². The molecule has 20 heavy (non-hydrogen) atoms. The summed E-state index contributed by atoms with van der Waals surface area (Å²) < 4.78 is 6.18. The van der Waals surface area contributed by atoms with Crippen LogP contribution in [0.1, 0.15) is 24.9 Å². The fourth-order valence-corrected chi connectivity index (χ4v) is 2.84. The van der Waals surface area contributed by atoms with Gasteiger partial charge in [-0.1, -0.05) is 30.7 Å². The average Bonchev–Trinajstić information content (AvgIpc) is 2.45. The molecule has 0 aliphatic carbocycles. The molecule has 0 saturated carbocycles. The predicted molar refractivity (Wildman–Crippen MR) is 88.8 cm³/mol. The van der Waals surface area contributed by atoms with Crippen molar-refractivity contribution in [2.45, 2.75) is 19.4 Å². The number of halogens is 2. The Morgan fingerprint density at radius 3 is 2.65 bits per heavy atom. The van der Waals surface area contributed by atoms with Crippen LogP contribution in [-0.4, -0.2) is 7.11 Å². The fraction of sp³-hybridized carbons (Fsp3) is 0.250. The number of hydrogen-bond acceptors (Lipinski definition) is 2. The minimum Gasteiger partial charge on any atom is -0.496 e. The summed E-state index contributed by atoms with van der Waals surface area (Å²) in [6, 6.07) is 14.2. The van der Waals surface area contributed by atoms with Gasteiger partial charge in [0.05, 0.1) is 17.6 Å². The molecule has 0 aliphatic rings. The maximum Gasteiger partial charge on any atom is 0.133 e. The lowest BCUT2D eigenvalue weighted by Crippen LogP contribution is -2.09. The Bertz CT molecular complexity index is 588. The minimum atomic E-state index is 0.231. The molecule has 0 radical (unpaired) electrons. The normalized spacial score (nSPS) is 12.0. The van der Waals surface area contributed by atoms with Gasteiger partial charge in [0.25, 0.3) is 0 Å². The topological polar surface area (TPSA) is 21.3 Å². The Balaban J connectivity index is 2.20. The molecular weight excluding hydrogens is 338 g/mol. The van der Waals surface area contributed by atoms with Crippen LogP contribution in [0.2, 0.25) is 5.02 Å². The zero-order valence-corrected chi connectivity index (χ0v) is 13.8. The first-order chi connectivity index (χ1) is 9.63. The van der Waals surface area contributed by atoms with Crippen molar-refractivity contribution >= 4 is 33.2 Å². The highest BCUT2D eigenvalue weighted by molar-refractivity contribution is 9.10. The van der Waals surface area contributed by atoms with Gasteiger partial charge < -0.3 is 10.1 Å². The quantitative estimate of drug-likeness (QED) is 0.746. The van der Waals surface area contributed by atoms with Gasteiger partial charge in [0.1, 0.15) is 5.75 Å². The van der Waals surface area contributed by atoms with Crippen molar-refractivity contribution in [3.8, 4) is 5.75 Å². The molecule has 2 nitrogen and oxygen atoms in total. The van der Waals surface area contributed by atoms with Crippen molar-refractivity contribution in [1.82, 2.24) is 0 Å². The van der Waals surface area contributed by atoms with Crippen molar-refractivity contribution in [3.63, 3.8) is 0 Å². The minimum absolute atomic E-state index is 0.231. The van der Waals surface area contributed by atoms with E-state index in [9.17, 15) is 0 Å². The smallest absolute Gasteiger partial charge is 0.133 e. The molecule has 0 aliphatic heterocycles. The third kappa shape index (κ3) is 3.68. The third-order valence-corrected chi connectivity index (χ3v) is 4.01. The van der Waals surface area contributed by atoms with Gasteiger partial charge >= 0.3 is 0 Å². The summed E-state index contributed by atoms with van der Waals surface area (Å²) in [6.07, 6.45) is 0.976. The first-order valence-electron chi connectivity index (χ1n) is 6.49. The van der Waals surface area contributed by atoms with Crippen molar-refractivity contribution in [3.05, 3.63) is 57.5 Å². The number of ether oxygens (including phenoxy) is 1. The van der Waals surface area contributed by atoms with E-state index in [1.54, 1.807) is 7.11 Å².